The molecule has 0 saturated heterocycles. The molecule has 0 saturated carbocycles. The van der Waals surface area contributed by atoms with E-state index in [4.69, 9.17) is 22.1 Å². The average molecular weight is 574 g/mol. The van der Waals surface area contributed by atoms with Crippen molar-refractivity contribution in [1.29, 1.82) is 0 Å². The van der Waals surface area contributed by atoms with E-state index in [9.17, 15) is 8.96 Å². The van der Waals surface area contributed by atoms with Gasteiger partial charge in [-0.25, -0.2) is 9.37 Å². The highest BCUT2D eigenvalue weighted by molar-refractivity contribution is 7.70. The van der Waals surface area contributed by atoms with Gasteiger partial charge in [0.15, 0.2) is 17.4 Å². The number of ether oxygens (including phenoxy) is 1. The lowest BCUT2D eigenvalue weighted by molar-refractivity contribution is 0.387. The first-order valence-corrected chi connectivity index (χ1v) is 16.5. The Morgan fingerprint density at radius 1 is 1.10 bits per heavy atom. The highest BCUT2D eigenvalue weighted by Crippen LogP contribution is 2.41. The monoisotopic (exact) mass is 573 g/mol. The first kappa shape index (κ1) is 29.3. The summed E-state index contributed by atoms with van der Waals surface area (Å²) >= 11 is 6.41. The van der Waals surface area contributed by atoms with Gasteiger partial charge in [0.25, 0.3) is 0 Å². The smallest absolute Gasteiger partial charge is 0.229 e. The van der Waals surface area contributed by atoms with Gasteiger partial charge in [0, 0.05) is 17.1 Å². The maximum absolute atomic E-state index is 14.4. The fourth-order valence-corrected chi connectivity index (χ4v) is 6.37. The molecule has 1 aliphatic rings. The minimum Gasteiger partial charge on any atom is -0.494 e. The van der Waals surface area contributed by atoms with Crippen LogP contribution in [0.2, 0.25) is 5.02 Å². The molecule has 0 unspecified atom stereocenters. The van der Waals surface area contributed by atoms with Crippen LogP contribution in [0.5, 0.6) is 5.75 Å². The Morgan fingerprint density at radius 2 is 1.87 bits per heavy atom. The van der Waals surface area contributed by atoms with Crippen molar-refractivity contribution in [2.24, 2.45) is 11.7 Å². The van der Waals surface area contributed by atoms with E-state index in [1.54, 1.807) is 13.3 Å². The zero-order chi connectivity index (χ0) is 28.0. The second kappa shape index (κ2) is 13.1. The fourth-order valence-electron chi connectivity index (χ4n) is 5.10. The Balaban J connectivity index is 1.50. The molecule has 2 aromatic carbocycles. The molecule has 0 amide bonds. The normalized spacial score (nSPS) is 15.4. The molecule has 7 nitrogen and oxygen atoms in total. The number of anilines is 4. The molecule has 4 rings (SSSR count). The van der Waals surface area contributed by atoms with Crippen LogP contribution in [0.25, 0.3) is 0 Å². The lowest BCUT2D eigenvalue weighted by Gasteiger charge is -2.17. The zero-order valence-corrected chi connectivity index (χ0v) is 24.5. The summed E-state index contributed by atoms with van der Waals surface area (Å²) in [7, 11) is -1.45. The highest BCUT2D eigenvalue weighted by atomic mass is 35.5. The van der Waals surface area contributed by atoms with Gasteiger partial charge in [-0.15, -0.1) is 0 Å². The quantitative estimate of drug-likeness (QED) is 0.129. The molecule has 0 spiro atoms. The second-order valence-electron chi connectivity index (χ2n) is 10.6. The molecule has 0 bridgehead atoms. The van der Waals surface area contributed by atoms with Crippen molar-refractivity contribution in [2.45, 2.75) is 51.4 Å². The first-order valence-electron chi connectivity index (χ1n) is 13.5. The van der Waals surface area contributed by atoms with Crippen molar-refractivity contribution < 1.29 is 13.7 Å². The number of rotatable bonds is 11. The van der Waals surface area contributed by atoms with E-state index >= 15 is 0 Å². The molecule has 210 valence electrons. The van der Waals surface area contributed by atoms with Gasteiger partial charge in [-0.05, 0) is 87.2 Å². The number of hydrogen-bond donors (Lipinski definition) is 3. The molecule has 4 N–H and O–H groups in total. The van der Waals surface area contributed by atoms with Gasteiger partial charge < -0.3 is 25.7 Å². The van der Waals surface area contributed by atoms with Crippen molar-refractivity contribution in [1.82, 2.24) is 9.97 Å². The lowest BCUT2D eigenvalue weighted by atomic mass is 9.93. The Bertz CT molecular complexity index is 1350. The minimum absolute atomic E-state index is 0.0287. The summed E-state index contributed by atoms with van der Waals surface area (Å²) in [5.74, 6) is 0.876. The molecule has 1 aliphatic carbocycles. The molecule has 0 radical (unpaired) electrons. The largest absolute Gasteiger partial charge is 0.494 e. The predicted octanol–water partition coefficient (Wildman–Crippen LogP) is 7.03. The lowest BCUT2D eigenvalue weighted by Crippen LogP contribution is -2.13. The van der Waals surface area contributed by atoms with Crippen LogP contribution in [0.4, 0.5) is 27.5 Å². The van der Waals surface area contributed by atoms with Crippen molar-refractivity contribution in [2.75, 3.05) is 37.6 Å². The van der Waals surface area contributed by atoms with E-state index in [0.29, 0.717) is 22.8 Å². The third-order valence-corrected chi connectivity index (χ3v) is 9.08. The highest BCUT2D eigenvalue weighted by Gasteiger charge is 2.22. The molecular formula is C29H38ClFN5O2P. The van der Waals surface area contributed by atoms with Gasteiger partial charge in [-0.3, -0.25) is 0 Å². The molecule has 0 aliphatic heterocycles. The van der Waals surface area contributed by atoms with Gasteiger partial charge in [-0.1, -0.05) is 36.9 Å². The number of methoxy groups -OCH3 is 1. The van der Waals surface area contributed by atoms with Gasteiger partial charge in [-0.2, -0.15) is 4.98 Å². The van der Waals surface area contributed by atoms with Crippen LogP contribution in [0.15, 0.2) is 36.5 Å². The van der Waals surface area contributed by atoms with Crippen molar-refractivity contribution >= 4 is 47.2 Å². The number of aryl methyl sites for hydroxylation is 2. The summed E-state index contributed by atoms with van der Waals surface area (Å²) in [5.41, 5.74) is 9.72. The number of halogens is 2. The summed E-state index contributed by atoms with van der Waals surface area (Å²) < 4.78 is 32.4. The van der Waals surface area contributed by atoms with Crippen LogP contribution in [-0.4, -0.2) is 37.0 Å². The first-order chi connectivity index (χ1) is 18.7. The van der Waals surface area contributed by atoms with Crippen molar-refractivity contribution in [3.8, 4) is 5.75 Å². The molecule has 1 atom stereocenters. The van der Waals surface area contributed by atoms with Crippen LogP contribution in [-0.2, 0) is 17.4 Å². The summed E-state index contributed by atoms with van der Waals surface area (Å²) in [4.78, 5) is 8.90. The third kappa shape index (κ3) is 7.71. The number of aromatic nitrogens is 2. The molecule has 10 heteroatoms. The Kier molecular flexibility index (Phi) is 9.86. The van der Waals surface area contributed by atoms with Crippen LogP contribution >= 0.6 is 18.7 Å². The fraction of sp³-hybridized carbons (Fsp3) is 0.448. The summed E-state index contributed by atoms with van der Waals surface area (Å²) in [6, 6.07) is 9.13. The summed E-state index contributed by atoms with van der Waals surface area (Å²) in [5, 5.41) is 7.02. The minimum atomic E-state index is -2.83. The number of unbranched alkanes of at least 4 members (excludes halogenated alkanes) is 2. The predicted molar refractivity (Wildman–Crippen MR) is 160 cm³/mol. The third-order valence-electron chi connectivity index (χ3n) is 7.27. The molecule has 1 aromatic heterocycles. The van der Waals surface area contributed by atoms with Crippen molar-refractivity contribution in [3.05, 3.63) is 58.5 Å². The van der Waals surface area contributed by atoms with E-state index in [1.807, 2.05) is 0 Å². The summed E-state index contributed by atoms with van der Waals surface area (Å²) in [6.45, 7) is 3.94. The van der Waals surface area contributed by atoms with E-state index in [0.717, 1.165) is 37.4 Å². The maximum atomic E-state index is 14.4. The van der Waals surface area contributed by atoms with Crippen LogP contribution in [0.3, 0.4) is 0 Å². The topological polar surface area (TPSA) is 102 Å². The van der Waals surface area contributed by atoms with Gasteiger partial charge >= 0.3 is 0 Å². The van der Waals surface area contributed by atoms with Gasteiger partial charge in [0.1, 0.15) is 12.2 Å². The molecule has 0 fully saturated rings. The van der Waals surface area contributed by atoms with Crippen LogP contribution < -0.4 is 26.4 Å². The van der Waals surface area contributed by atoms with Crippen molar-refractivity contribution in [3.63, 3.8) is 0 Å². The number of fused-ring (bicyclic) bond motifs is 1. The number of benzene rings is 2. The zero-order valence-electron chi connectivity index (χ0n) is 22.9. The average Bonchev–Trinajstić information content (AvgIpc) is 3.10. The van der Waals surface area contributed by atoms with Crippen LogP contribution in [0.1, 0.15) is 49.7 Å². The molecular weight excluding hydrogens is 536 g/mol. The van der Waals surface area contributed by atoms with E-state index < -0.39 is 13.0 Å². The maximum Gasteiger partial charge on any atom is 0.229 e. The Hall–Kier alpha value is -2.67. The number of hydrogen-bond acceptors (Lipinski definition) is 7. The van der Waals surface area contributed by atoms with Crippen LogP contribution in [0, 0.1) is 11.7 Å². The standard InChI is InChI=1S/C29H38ClFN5O2P/c1-38-26-17-25(27(16-24(26)31)39(2,3)37)35-28-23(30)18-33-29(36-28)34-22-13-12-20-10-8-19(7-5-4-6-14-32)9-11-21(20)15-22/h12-13,15-19H,4-11,14,32H2,1-3H3,(H2,33,34,35,36)/t19-/m0/s1. The number of nitrogens with one attached hydrogen (secondary N) is 2. The molecule has 3 aromatic rings. The second-order valence-corrected chi connectivity index (χ2v) is 14.2. The Morgan fingerprint density at radius 3 is 2.59 bits per heavy atom. The van der Waals surface area contributed by atoms with Gasteiger partial charge in [0.05, 0.1) is 19.0 Å². The number of nitrogens with zero attached hydrogens (tertiary/aromatic N) is 2. The van der Waals surface area contributed by atoms with E-state index in [2.05, 4.69) is 38.8 Å². The Labute approximate surface area is 235 Å². The number of nitrogens with two attached hydrogens (primary N) is 1. The summed E-state index contributed by atoms with van der Waals surface area (Å²) in [6.07, 6.45) is 11.0. The van der Waals surface area contributed by atoms with E-state index in [-0.39, 0.29) is 10.8 Å². The molecule has 1 heterocycles. The van der Waals surface area contributed by atoms with E-state index in [1.165, 1.54) is 68.7 Å². The van der Waals surface area contributed by atoms with Gasteiger partial charge in [0.2, 0.25) is 5.95 Å². The SMILES string of the molecule is COc1cc(Nc2nc(Nc3ccc4c(c3)CC[C@@H](CCCCCN)CC4)ncc2Cl)c(P(C)(C)=O)cc1F. The molecule has 39 heavy (non-hydrogen) atoms.